The molecule has 17 heavy (non-hydrogen) atoms. The van der Waals surface area contributed by atoms with E-state index in [2.05, 4.69) is 10.1 Å². The maximum absolute atomic E-state index is 12.0. The summed E-state index contributed by atoms with van der Waals surface area (Å²) in [7, 11) is 0. The molecule has 1 saturated heterocycles. The van der Waals surface area contributed by atoms with Crippen LogP contribution in [0.3, 0.4) is 0 Å². The van der Waals surface area contributed by atoms with E-state index in [4.69, 9.17) is 5.73 Å². The molecule has 0 spiro atoms. The average Bonchev–Trinajstić information content (AvgIpc) is 2.66. The van der Waals surface area contributed by atoms with Gasteiger partial charge in [0.1, 0.15) is 6.10 Å². The van der Waals surface area contributed by atoms with Gasteiger partial charge in [-0.25, -0.2) is 4.79 Å². The van der Waals surface area contributed by atoms with Crippen LogP contribution in [0.15, 0.2) is 0 Å². The highest BCUT2D eigenvalue weighted by Crippen LogP contribution is 2.21. The Kier molecular flexibility index (Phi) is 4.33. The predicted octanol–water partition coefficient (Wildman–Crippen LogP) is 0.0879. The Hall–Kier alpha value is -1.31. The van der Waals surface area contributed by atoms with E-state index in [0.717, 1.165) is 6.42 Å². The lowest BCUT2D eigenvalue weighted by Gasteiger charge is -2.23. The largest absolute Gasteiger partial charge is 0.490 e. The molecule has 2 atom stereocenters. The lowest BCUT2D eigenvalue weighted by molar-refractivity contribution is -0.206. The highest BCUT2D eigenvalue weighted by Gasteiger charge is 2.43. The van der Waals surface area contributed by atoms with Crippen molar-refractivity contribution in [1.29, 1.82) is 0 Å². The van der Waals surface area contributed by atoms with Crippen LogP contribution in [0.4, 0.5) is 13.2 Å². The zero-order chi connectivity index (χ0) is 13.1. The summed E-state index contributed by atoms with van der Waals surface area (Å²) in [6.45, 7) is 0.615. The summed E-state index contributed by atoms with van der Waals surface area (Å²) in [4.78, 5) is 21.4. The Morgan fingerprint density at radius 1 is 1.47 bits per heavy atom. The fraction of sp³-hybridized carbons (Fsp3) is 0.778. The topological polar surface area (TPSA) is 81.4 Å². The minimum absolute atomic E-state index is 0.417. The second-order valence-electron chi connectivity index (χ2n) is 3.81. The SMILES string of the molecule is NC(=O)CC(OC(=O)C(F)(F)F)[C@H]1CCCN1. The molecule has 1 rings (SSSR count). The van der Waals surface area contributed by atoms with Crippen LogP contribution in [-0.4, -0.2) is 36.7 Å². The van der Waals surface area contributed by atoms with Crippen molar-refractivity contribution in [2.24, 2.45) is 5.73 Å². The van der Waals surface area contributed by atoms with Gasteiger partial charge in [0.15, 0.2) is 0 Å². The molecule has 1 unspecified atom stereocenters. The molecule has 5 nitrogen and oxygen atoms in total. The van der Waals surface area contributed by atoms with E-state index in [1.54, 1.807) is 0 Å². The number of halogens is 3. The first-order valence-corrected chi connectivity index (χ1v) is 5.10. The molecule has 0 aromatic carbocycles. The number of esters is 1. The standard InChI is InChI=1S/C9H13F3N2O3/c10-9(11,12)8(16)17-6(4-7(13)15)5-2-1-3-14-5/h5-6,14H,1-4H2,(H2,13,15)/t5-,6?/m1/s1. The first kappa shape index (κ1) is 13.8. The third kappa shape index (κ3) is 4.22. The number of rotatable bonds is 4. The van der Waals surface area contributed by atoms with E-state index in [-0.39, 0.29) is 0 Å². The number of carbonyl (C=O) groups is 2. The van der Waals surface area contributed by atoms with Gasteiger partial charge in [-0.1, -0.05) is 0 Å². The minimum atomic E-state index is -5.06. The summed E-state index contributed by atoms with van der Waals surface area (Å²) in [5.74, 6) is -3.10. The molecular weight excluding hydrogens is 241 g/mol. The molecule has 0 aromatic rings. The van der Waals surface area contributed by atoms with Crippen molar-refractivity contribution in [2.75, 3.05) is 6.54 Å². The Bertz CT molecular complexity index is 300. The van der Waals surface area contributed by atoms with Gasteiger partial charge in [0.25, 0.3) is 0 Å². The molecule has 0 saturated carbocycles. The number of amides is 1. The number of ether oxygens (including phenoxy) is 1. The smallest absolute Gasteiger partial charge is 0.454 e. The fourth-order valence-electron chi connectivity index (χ4n) is 1.70. The number of nitrogens with one attached hydrogen (secondary N) is 1. The highest BCUT2D eigenvalue weighted by molar-refractivity contribution is 5.77. The van der Waals surface area contributed by atoms with Crippen LogP contribution >= 0.6 is 0 Å². The first-order chi connectivity index (χ1) is 7.80. The third-order valence-electron chi connectivity index (χ3n) is 2.44. The Morgan fingerprint density at radius 2 is 2.12 bits per heavy atom. The number of primary amides is 1. The molecule has 1 amide bonds. The van der Waals surface area contributed by atoms with Crippen LogP contribution in [-0.2, 0) is 14.3 Å². The van der Waals surface area contributed by atoms with Crippen molar-refractivity contribution in [1.82, 2.24) is 5.32 Å². The van der Waals surface area contributed by atoms with E-state index in [9.17, 15) is 22.8 Å². The highest BCUT2D eigenvalue weighted by atomic mass is 19.4. The summed E-state index contributed by atoms with van der Waals surface area (Å²) < 4.78 is 40.4. The maximum Gasteiger partial charge on any atom is 0.490 e. The second kappa shape index (κ2) is 5.35. The van der Waals surface area contributed by atoms with Gasteiger partial charge in [0.2, 0.25) is 5.91 Å². The van der Waals surface area contributed by atoms with Crippen LogP contribution in [0.2, 0.25) is 0 Å². The number of alkyl halides is 3. The minimum Gasteiger partial charge on any atom is -0.454 e. The van der Waals surface area contributed by atoms with Crippen molar-refractivity contribution >= 4 is 11.9 Å². The zero-order valence-electron chi connectivity index (χ0n) is 8.92. The van der Waals surface area contributed by atoms with E-state index >= 15 is 0 Å². The summed E-state index contributed by atoms with van der Waals surface area (Å²) >= 11 is 0. The second-order valence-corrected chi connectivity index (χ2v) is 3.81. The summed E-state index contributed by atoms with van der Waals surface area (Å²) in [5.41, 5.74) is 4.91. The van der Waals surface area contributed by atoms with Crippen molar-refractivity contribution in [2.45, 2.75) is 37.6 Å². The average molecular weight is 254 g/mol. The lowest BCUT2D eigenvalue weighted by Crippen LogP contribution is -2.43. The maximum atomic E-state index is 12.0. The van der Waals surface area contributed by atoms with Gasteiger partial charge in [-0.2, -0.15) is 13.2 Å². The molecule has 0 aromatic heterocycles. The molecule has 0 bridgehead atoms. The van der Waals surface area contributed by atoms with E-state index in [1.807, 2.05) is 0 Å². The van der Waals surface area contributed by atoms with Crippen molar-refractivity contribution < 1.29 is 27.5 Å². The van der Waals surface area contributed by atoms with E-state index in [0.29, 0.717) is 13.0 Å². The monoisotopic (exact) mass is 254 g/mol. The predicted molar refractivity (Wildman–Crippen MR) is 50.8 cm³/mol. The third-order valence-corrected chi connectivity index (χ3v) is 2.44. The van der Waals surface area contributed by atoms with Crippen LogP contribution < -0.4 is 11.1 Å². The Labute approximate surface area is 95.5 Å². The zero-order valence-corrected chi connectivity index (χ0v) is 8.92. The van der Waals surface area contributed by atoms with Gasteiger partial charge in [-0.3, -0.25) is 4.79 Å². The molecule has 8 heteroatoms. The van der Waals surface area contributed by atoms with Crippen LogP contribution in [0.5, 0.6) is 0 Å². The first-order valence-electron chi connectivity index (χ1n) is 5.10. The van der Waals surface area contributed by atoms with Crippen molar-refractivity contribution in [3.8, 4) is 0 Å². The molecule has 1 fully saturated rings. The van der Waals surface area contributed by atoms with Crippen molar-refractivity contribution in [3.63, 3.8) is 0 Å². The Balaban J connectivity index is 2.63. The van der Waals surface area contributed by atoms with Crippen molar-refractivity contribution in [3.05, 3.63) is 0 Å². The van der Waals surface area contributed by atoms with Gasteiger partial charge >= 0.3 is 12.1 Å². The van der Waals surface area contributed by atoms with E-state index in [1.165, 1.54) is 0 Å². The van der Waals surface area contributed by atoms with Gasteiger partial charge < -0.3 is 15.8 Å². The number of hydrogen-bond donors (Lipinski definition) is 2. The Morgan fingerprint density at radius 3 is 2.53 bits per heavy atom. The summed E-state index contributed by atoms with van der Waals surface area (Å²) in [5, 5.41) is 2.87. The number of nitrogens with two attached hydrogens (primary N) is 1. The molecule has 98 valence electrons. The lowest BCUT2D eigenvalue weighted by atomic mass is 10.1. The fourth-order valence-corrected chi connectivity index (χ4v) is 1.70. The van der Waals surface area contributed by atoms with Gasteiger partial charge in [0, 0.05) is 6.04 Å². The molecule has 1 aliphatic rings. The quantitative estimate of drug-likeness (QED) is 0.696. The molecule has 1 aliphatic heterocycles. The summed E-state index contributed by atoms with van der Waals surface area (Å²) in [6, 6.07) is -0.450. The molecular formula is C9H13F3N2O3. The number of hydrogen-bond acceptors (Lipinski definition) is 4. The van der Waals surface area contributed by atoms with Crippen LogP contribution in [0.25, 0.3) is 0 Å². The molecule has 0 aliphatic carbocycles. The molecule has 1 heterocycles. The van der Waals surface area contributed by atoms with Gasteiger partial charge in [-0.15, -0.1) is 0 Å². The van der Waals surface area contributed by atoms with E-state index < -0.39 is 36.6 Å². The number of carbonyl (C=O) groups excluding carboxylic acids is 2. The normalized spacial score (nSPS) is 22.2. The van der Waals surface area contributed by atoms with Crippen LogP contribution in [0.1, 0.15) is 19.3 Å². The molecule has 0 radical (unpaired) electrons. The molecule has 3 N–H and O–H groups in total. The van der Waals surface area contributed by atoms with Gasteiger partial charge in [0.05, 0.1) is 6.42 Å². The van der Waals surface area contributed by atoms with Gasteiger partial charge in [-0.05, 0) is 19.4 Å². The van der Waals surface area contributed by atoms with Crippen LogP contribution in [0, 0.1) is 0 Å². The summed E-state index contributed by atoms with van der Waals surface area (Å²) in [6.07, 6.45) is -5.34.